The van der Waals surface area contributed by atoms with Crippen LogP contribution in [0, 0.1) is 17.0 Å². The number of nitro groups is 1. The Labute approximate surface area is 97.8 Å². The zero-order valence-corrected chi connectivity index (χ0v) is 9.33. The van der Waals surface area contributed by atoms with Crippen LogP contribution in [-0.4, -0.2) is 14.7 Å². The van der Waals surface area contributed by atoms with Gasteiger partial charge in [-0.25, -0.2) is 0 Å². The summed E-state index contributed by atoms with van der Waals surface area (Å²) >= 11 is 0. The van der Waals surface area contributed by atoms with E-state index in [-0.39, 0.29) is 11.4 Å². The Bertz CT molecular complexity index is 562. The maximum atomic E-state index is 10.7. The van der Waals surface area contributed by atoms with Crippen LogP contribution in [0.2, 0.25) is 0 Å². The SMILES string of the molecule is Cc1ccn(Cc2ccc(N)c([N+](=O)[O-])c2)n1. The maximum absolute atomic E-state index is 10.7. The molecule has 0 amide bonds. The topological polar surface area (TPSA) is 87.0 Å². The Kier molecular flexibility index (Phi) is 2.78. The highest BCUT2D eigenvalue weighted by atomic mass is 16.6. The van der Waals surface area contributed by atoms with Crippen LogP contribution in [0.3, 0.4) is 0 Å². The molecular formula is C11H12N4O2. The minimum absolute atomic E-state index is 0.0635. The first-order valence-corrected chi connectivity index (χ1v) is 5.09. The third-order valence-corrected chi connectivity index (χ3v) is 2.41. The highest BCUT2D eigenvalue weighted by Crippen LogP contribution is 2.22. The van der Waals surface area contributed by atoms with E-state index >= 15 is 0 Å². The molecule has 88 valence electrons. The van der Waals surface area contributed by atoms with Crippen LogP contribution in [0.25, 0.3) is 0 Å². The molecule has 6 heteroatoms. The van der Waals surface area contributed by atoms with Crippen LogP contribution < -0.4 is 5.73 Å². The number of nitrogens with two attached hydrogens (primary N) is 1. The molecule has 2 aromatic rings. The number of aromatic nitrogens is 2. The van der Waals surface area contributed by atoms with Crippen molar-refractivity contribution in [3.05, 3.63) is 51.8 Å². The molecule has 0 aliphatic carbocycles. The van der Waals surface area contributed by atoms with E-state index in [2.05, 4.69) is 5.10 Å². The van der Waals surface area contributed by atoms with Crippen LogP contribution in [0.15, 0.2) is 30.5 Å². The molecule has 0 fully saturated rings. The lowest BCUT2D eigenvalue weighted by atomic mass is 10.2. The Morgan fingerprint density at radius 1 is 1.47 bits per heavy atom. The van der Waals surface area contributed by atoms with Crippen molar-refractivity contribution >= 4 is 11.4 Å². The third kappa shape index (κ3) is 2.41. The minimum atomic E-state index is -0.479. The first kappa shape index (κ1) is 11.1. The minimum Gasteiger partial charge on any atom is -0.393 e. The van der Waals surface area contributed by atoms with E-state index in [9.17, 15) is 10.1 Å². The van der Waals surface area contributed by atoms with Gasteiger partial charge in [0.15, 0.2) is 0 Å². The first-order chi connectivity index (χ1) is 8.06. The Morgan fingerprint density at radius 3 is 2.82 bits per heavy atom. The van der Waals surface area contributed by atoms with Crippen LogP contribution in [0.5, 0.6) is 0 Å². The lowest BCUT2D eigenvalue weighted by Crippen LogP contribution is -2.02. The number of aryl methyl sites for hydroxylation is 1. The zero-order valence-electron chi connectivity index (χ0n) is 9.33. The fourth-order valence-electron chi connectivity index (χ4n) is 1.58. The summed E-state index contributed by atoms with van der Waals surface area (Å²) in [4.78, 5) is 10.3. The highest BCUT2D eigenvalue weighted by molar-refractivity contribution is 5.59. The second kappa shape index (κ2) is 4.25. The average molecular weight is 232 g/mol. The number of benzene rings is 1. The van der Waals surface area contributed by atoms with Crippen molar-refractivity contribution < 1.29 is 4.92 Å². The van der Waals surface area contributed by atoms with E-state index < -0.39 is 4.92 Å². The molecule has 0 radical (unpaired) electrons. The van der Waals surface area contributed by atoms with Gasteiger partial charge in [0.25, 0.3) is 5.69 Å². The summed E-state index contributed by atoms with van der Waals surface area (Å²) < 4.78 is 1.73. The molecule has 1 aromatic carbocycles. The molecule has 2 N–H and O–H groups in total. The van der Waals surface area contributed by atoms with Gasteiger partial charge in [-0.3, -0.25) is 14.8 Å². The van der Waals surface area contributed by atoms with E-state index in [1.807, 2.05) is 19.2 Å². The van der Waals surface area contributed by atoms with Crippen molar-refractivity contribution in [1.29, 1.82) is 0 Å². The number of anilines is 1. The molecule has 6 nitrogen and oxygen atoms in total. The Balaban J connectivity index is 2.28. The fourth-order valence-corrected chi connectivity index (χ4v) is 1.58. The molecule has 0 unspecified atom stereocenters. The standard InChI is InChI=1S/C11H12N4O2/c1-8-4-5-14(13-8)7-9-2-3-10(12)11(6-9)15(16)17/h2-6H,7,12H2,1H3. The van der Waals surface area contributed by atoms with Gasteiger partial charge >= 0.3 is 0 Å². The monoisotopic (exact) mass is 232 g/mol. The van der Waals surface area contributed by atoms with Crippen LogP contribution >= 0.6 is 0 Å². The number of hydrogen-bond donors (Lipinski definition) is 1. The number of nitrogen functional groups attached to an aromatic ring is 1. The predicted molar refractivity (Wildman–Crippen MR) is 63.6 cm³/mol. The van der Waals surface area contributed by atoms with Gasteiger partial charge in [0.1, 0.15) is 5.69 Å². The van der Waals surface area contributed by atoms with Gasteiger partial charge < -0.3 is 5.73 Å². The zero-order chi connectivity index (χ0) is 12.4. The summed E-state index contributed by atoms with van der Waals surface area (Å²) in [5.41, 5.74) is 7.35. The summed E-state index contributed by atoms with van der Waals surface area (Å²) in [6.07, 6.45) is 1.83. The molecule has 0 saturated carbocycles. The molecule has 0 aliphatic rings. The van der Waals surface area contributed by atoms with E-state index in [1.54, 1.807) is 16.8 Å². The summed E-state index contributed by atoms with van der Waals surface area (Å²) in [7, 11) is 0. The quantitative estimate of drug-likeness (QED) is 0.496. The third-order valence-electron chi connectivity index (χ3n) is 2.41. The van der Waals surface area contributed by atoms with Crippen molar-refractivity contribution in [2.24, 2.45) is 0 Å². The van der Waals surface area contributed by atoms with Gasteiger partial charge in [-0.05, 0) is 24.6 Å². The van der Waals surface area contributed by atoms with E-state index in [0.717, 1.165) is 11.3 Å². The van der Waals surface area contributed by atoms with Gasteiger partial charge in [-0.1, -0.05) is 6.07 Å². The van der Waals surface area contributed by atoms with Crippen molar-refractivity contribution in [1.82, 2.24) is 9.78 Å². The first-order valence-electron chi connectivity index (χ1n) is 5.09. The molecule has 0 saturated heterocycles. The summed E-state index contributed by atoms with van der Waals surface area (Å²) in [6.45, 7) is 2.39. The number of nitrogens with zero attached hydrogens (tertiary/aromatic N) is 3. The molecule has 0 aliphatic heterocycles. The smallest absolute Gasteiger partial charge is 0.292 e. The molecular weight excluding hydrogens is 220 g/mol. The highest BCUT2D eigenvalue weighted by Gasteiger charge is 2.11. The van der Waals surface area contributed by atoms with E-state index in [4.69, 9.17) is 5.73 Å². The lowest BCUT2D eigenvalue weighted by Gasteiger charge is -2.03. The van der Waals surface area contributed by atoms with Gasteiger partial charge in [0.05, 0.1) is 17.2 Å². The molecule has 0 bridgehead atoms. The normalized spacial score (nSPS) is 10.4. The summed E-state index contributed by atoms with van der Waals surface area (Å²) in [5.74, 6) is 0. The molecule has 17 heavy (non-hydrogen) atoms. The second-order valence-electron chi connectivity index (χ2n) is 3.80. The van der Waals surface area contributed by atoms with Crippen LogP contribution in [-0.2, 0) is 6.54 Å². The van der Waals surface area contributed by atoms with Crippen molar-refractivity contribution in [2.45, 2.75) is 13.5 Å². The lowest BCUT2D eigenvalue weighted by molar-refractivity contribution is -0.384. The molecule has 1 heterocycles. The average Bonchev–Trinajstić information content (AvgIpc) is 2.66. The number of nitro benzene ring substituents is 1. The predicted octanol–water partition coefficient (Wildman–Crippen LogP) is 1.73. The summed E-state index contributed by atoms with van der Waals surface area (Å²) in [5, 5.41) is 15.0. The Hall–Kier alpha value is -2.37. The van der Waals surface area contributed by atoms with Gasteiger partial charge in [0.2, 0.25) is 0 Å². The molecule has 2 rings (SSSR count). The summed E-state index contributed by atoms with van der Waals surface area (Å²) in [6, 6.07) is 6.67. The second-order valence-corrected chi connectivity index (χ2v) is 3.80. The van der Waals surface area contributed by atoms with Crippen molar-refractivity contribution in [3.8, 4) is 0 Å². The van der Waals surface area contributed by atoms with Crippen molar-refractivity contribution in [3.63, 3.8) is 0 Å². The number of rotatable bonds is 3. The fraction of sp³-hybridized carbons (Fsp3) is 0.182. The van der Waals surface area contributed by atoms with E-state index in [1.165, 1.54) is 6.07 Å². The van der Waals surface area contributed by atoms with Gasteiger partial charge in [-0.2, -0.15) is 5.10 Å². The molecule has 1 aromatic heterocycles. The van der Waals surface area contributed by atoms with Crippen molar-refractivity contribution in [2.75, 3.05) is 5.73 Å². The Morgan fingerprint density at radius 2 is 2.24 bits per heavy atom. The number of hydrogen-bond acceptors (Lipinski definition) is 4. The molecule has 0 atom stereocenters. The largest absolute Gasteiger partial charge is 0.393 e. The van der Waals surface area contributed by atoms with Gasteiger partial charge in [0, 0.05) is 12.3 Å². The van der Waals surface area contributed by atoms with Crippen LogP contribution in [0.1, 0.15) is 11.3 Å². The van der Waals surface area contributed by atoms with Gasteiger partial charge in [-0.15, -0.1) is 0 Å². The van der Waals surface area contributed by atoms with E-state index in [0.29, 0.717) is 6.54 Å². The van der Waals surface area contributed by atoms with Crippen LogP contribution in [0.4, 0.5) is 11.4 Å². The molecule has 0 spiro atoms. The maximum Gasteiger partial charge on any atom is 0.292 e.